The number of nitrogens with two attached hydrogens (primary N) is 1. The zero-order chi connectivity index (χ0) is 22.0. The Labute approximate surface area is 168 Å². The van der Waals surface area contributed by atoms with Gasteiger partial charge in [-0.25, -0.2) is 4.79 Å². The van der Waals surface area contributed by atoms with Crippen molar-refractivity contribution in [1.82, 2.24) is 16.0 Å². The van der Waals surface area contributed by atoms with Crippen LogP contribution in [0.3, 0.4) is 0 Å². The van der Waals surface area contributed by atoms with Gasteiger partial charge < -0.3 is 37.0 Å². The van der Waals surface area contributed by atoms with Crippen molar-refractivity contribution in [2.45, 2.75) is 57.5 Å². The molecule has 0 aliphatic rings. The van der Waals surface area contributed by atoms with Crippen molar-refractivity contribution >= 4 is 36.3 Å². The number of nitrogens with one attached hydrogen (secondary N) is 3. The molecule has 0 aromatic carbocycles. The fraction of sp³-hybridized carbons (Fsp3) is 0.750. The van der Waals surface area contributed by atoms with Crippen LogP contribution in [0.25, 0.3) is 0 Å². The van der Waals surface area contributed by atoms with E-state index >= 15 is 0 Å². The maximum absolute atomic E-state index is 12.7. The fourth-order valence-corrected chi connectivity index (χ4v) is 2.31. The zero-order valence-electron chi connectivity index (χ0n) is 16.1. The van der Waals surface area contributed by atoms with Crippen LogP contribution in [0.4, 0.5) is 0 Å². The van der Waals surface area contributed by atoms with Gasteiger partial charge in [-0.05, 0) is 12.8 Å². The van der Waals surface area contributed by atoms with Crippen LogP contribution < -0.4 is 21.7 Å². The lowest BCUT2D eigenvalue weighted by Crippen LogP contribution is -2.61. The van der Waals surface area contributed by atoms with E-state index in [1.165, 1.54) is 6.92 Å². The SMILES string of the molecule is CCC(C)C(NC(=O)C(N)CS)C(=O)NC(C(=O)NC(CO)C(=O)O)C(C)O. The lowest BCUT2D eigenvalue weighted by molar-refractivity contribution is -0.144. The van der Waals surface area contributed by atoms with Gasteiger partial charge in [0.05, 0.1) is 18.8 Å². The lowest BCUT2D eigenvalue weighted by Gasteiger charge is -2.28. The van der Waals surface area contributed by atoms with E-state index in [0.29, 0.717) is 6.42 Å². The second-order valence-electron chi connectivity index (χ2n) is 6.47. The molecule has 0 spiro atoms. The van der Waals surface area contributed by atoms with Gasteiger partial charge in [0.2, 0.25) is 17.7 Å². The molecule has 0 bridgehead atoms. The summed E-state index contributed by atoms with van der Waals surface area (Å²) in [6.07, 6.45) is -0.851. The highest BCUT2D eigenvalue weighted by molar-refractivity contribution is 7.80. The van der Waals surface area contributed by atoms with E-state index < -0.39 is 60.6 Å². The molecule has 0 heterocycles. The number of carboxylic acid groups (broad SMARTS) is 1. The number of hydrogen-bond donors (Lipinski definition) is 8. The van der Waals surface area contributed by atoms with Gasteiger partial charge in [0, 0.05) is 5.75 Å². The van der Waals surface area contributed by atoms with Crippen LogP contribution in [0.15, 0.2) is 0 Å². The summed E-state index contributed by atoms with van der Waals surface area (Å²) in [4.78, 5) is 47.9. The molecule has 6 atom stereocenters. The number of carbonyl (C=O) groups is 4. The Kier molecular flexibility index (Phi) is 11.7. The molecule has 162 valence electrons. The Morgan fingerprint density at radius 1 is 1.00 bits per heavy atom. The first-order valence-electron chi connectivity index (χ1n) is 8.79. The van der Waals surface area contributed by atoms with Crippen molar-refractivity contribution in [3.63, 3.8) is 0 Å². The minimum absolute atomic E-state index is 0.0666. The van der Waals surface area contributed by atoms with Crippen molar-refractivity contribution < 1.29 is 34.5 Å². The van der Waals surface area contributed by atoms with E-state index in [0.717, 1.165) is 0 Å². The van der Waals surface area contributed by atoms with Gasteiger partial charge >= 0.3 is 5.97 Å². The predicted octanol–water partition coefficient (Wildman–Crippen LogP) is -2.80. The van der Waals surface area contributed by atoms with Crippen LogP contribution in [-0.4, -0.2) is 81.6 Å². The smallest absolute Gasteiger partial charge is 0.328 e. The largest absolute Gasteiger partial charge is 0.480 e. The minimum atomic E-state index is -1.59. The number of aliphatic hydroxyl groups is 2. The number of thiol groups is 1. The molecule has 0 aromatic heterocycles. The Morgan fingerprint density at radius 2 is 1.50 bits per heavy atom. The number of rotatable bonds is 12. The molecule has 0 rings (SSSR count). The zero-order valence-corrected chi connectivity index (χ0v) is 17.0. The Hall–Kier alpha value is -1.89. The van der Waals surface area contributed by atoms with E-state index in [2.05, 4.69) is 23.3 Å². The van der Waals surface area contributed by atoms with Crippen LogP contribution in [0.1, 0.15) is 27.2 Å². The first-order valence-corrected chi connectivity index (χ1v) is 9.42. The van der Waals surface area contributed by atoms with Gasteiger partial charge in [-0.3, -0.25) is 14.4 Å². The summed E-state index contributed by atoms with van der Waals surface area (Å²) in [5.41, 5.74) is 5.60. The molecule has 0 aliphatic heterocycles. The summed E-state index contributed by atoms with van der Waals surface area (Å²) in [6.45, 7) is 3.87. The number of carboxylic acids is 1. The molecule has 12 heteroatoms. The number of aliphatic carboxylic acids is 1. The second kappa shape index (κ2) is 12.5. The van der Waals surface area contributed by atoms with Gasteiger partial charge in [0.1, 0.15) is 18.1 Å². The second-order valence-corrected chi connectivity index (χ2v) is 6.83. The third-order valence-corrected chi connectivity index (χ3v) is 4.58. The molecule has 6 unspecified atom stereocenters. The van der Waals surface area contributed by atoms with Gasteiger partial charge in [0.15, 0.2) is 0 Å². The number of carbonyl (C=O) groups excluding carboxylic acids is 3. The molecule has 28 heavy (non-hydrogen) atoms. The molecule has 3 amide bonds. The van der Waals surface area contributed by atoms with Crippen molar-refractivity contribution in [3.8, 4) is 0 Å². The van der Waals surface area contributed by atoms with E-state index in [4.69, 9.17) is 15.9 Å². The van der Waals surface area contributed by atoms with Gasteiger partial charge in [0.25, 0.3) is 0 Å². The number of amides is 3. The third kappa shape index (κ3) is 8.00. The molecular formula is C16H30N4O7S. The van der Waals surface area contributed by atoms with Gasteiger partial charge in [-0.15, -0.1) is 0 Å². The highest BCUT2D eigenvalue weighted by atomic mass is 32.1. The van der Waals surface area contributed by atoms with Crippen LogP contribution >= 0.6 is 12.6 Å². The summed E-state index contributed by atoms with van der Waals surface area (Å²) in [5, 5.41) is 34.6. The predicted molar refractivity (Wildman–Crippen MR) is 103 cm³/mol. The molecule has 0 saturated heterocycles. The van der Waals surface area contributed by atoms with Gasteiger partial charge in [-0.2, -0.15) is 12.6 Å². The van der Waals surface area contributed by atoms with Crippen molar-refractivity contribution in [1.29, 1.82) is 0 Å². The molecule has 0 saturated carbocycles. The van der Waals surface area contributed by atoms with E-state index in [-0.39, 0.29) is 11.7 Å². The Bertz CT molecular complexity index is 561. The molecular weight excluding hydrogens is 392 g/mol. The van der Waals surface area contributed by atoms with Crippen molar-refractivity contribution in [3.05, 3.63) is 0 Å². The molecule has 0 aromatic rings. The molecule has 11 nitrogen and oxygen atoms in total. The monoisotopic (exact) mass is 422 g/mol. The summed E-state index contributed by atoms with van der Waals surface area (Å²) in [7, 11) is 0. The fourth-order valence-electron chi connectivity index (χ4n) is 2.14. The lowest BCUT2D eigenvalue weighted by atomic mass is 9.97. The maximum Gasteiger partial charge on any atom is 0.328 e. The van der Waals surface area contributed by atoms with Crippen molar-refractivity contribution in [2.75, 3.05) is 12.4 Å². The molecule has 0 aliphatic carbocycles. The molecule has 0 fully saturated rings. The van der Waals surface area contributed by atoms with Gasteiger partial charge in [-0.1, -0.05) is 20.3 Å². The summed E-state index contributed by atoms with van der Waals surface area (Å²) < 4.78 is 0. The normalized spacial score (nSPS) is 17.4. The third-order valence-electron chi connectivity index (χ3n) is 4.19. The Balaban J connectivity index is 5.36. The van der Waals surface area contributed by atoms with E-state index in [1.54, 1.807) is 13.8 Å². The number of hydrogen-bond acceptors (Lipinski definition) is 8. The van der Waals surface area contributed by atoms with Crippen LogP contribution in [0.2, 0.25) is 0 Å². The first kappa shape index (κ1) is 26.1. The summed E-state index contributed by atoms with van der Waals surface area (Å²) in [6, 6.07) is -5.06. The topological polar surface area (TPSA) is 191 Å². The van der Waals surface area contributed by atoms with Crippen LogP contribution in [0.5, 0.6) is 0 Å². The average molecular weight is 423 g/mol. The first-order chi connectivity index (χ1) is 13.0. The van der Waals surface area contributed by atoms with Crippen molar-refractivity contribution in [2.24, 2.45) is 11.7 Å². The minimum Gasteiger partial charge on any atom is -0.480 e. The van der Waals surface area contributed by atoms with E-state index in [1.807, 2.05) is 5.32 Å². The summed E-state index contributed by atoms with van der Waals surface area (Å²) >= 11 is 3.93. The van der Waals surface area contributed by atoms with Crippen LogP contribution in [-0.2, 0) is 19.2 Å². The Morgan fingerprint density at radius 3 is 1.89 bits per heavy atom. The molecule has 0 radical (unpaired) electrons. The molecule has 8 N–H and O–H groups in total. The summed E-state index contributed by atoms with van der Waals surface area (Å²) in [5.74, 6) is -4.07. The quantitative estimate of drug-likeness (QED) is 0.155. The highest BCUT2D eigenvalue weighted by Gasteiger charge is 2.34. The highest BCUT2D eigenvalue weighted by Crippen LogP contribution is 2.09. The number of aliphatic hydroxyl groups excluding tert-OH is 2. The van der Waals surface area contributed by atoms with Crippen LogP contribution in [0, 0.1) is 5.92 Å². The average Bonchev–Trinajstić information content (AvgIpc) is 2.65. The maximum atomic E-state index is 12.7. The van der Waals surface area contributed by atoms with E-state index in [9.17, 15) is 24.3 Å². The standard InChI is InChI=1S/C16H30N4O7S/c1-4-7(2)11(19-13(23)9(17)6-28)14(24)20-12(8(3)22)15(25)18-10(5-21)16(26)27/h7-12,21-22,28H,4-6,17H2,1-3H3,(H,18,25)(H,19,23)(H,20,24)(H,26,27).